The Hall–Kier alpha value is -2.99. The maximum absolute atomic E-state index is 12.7. The minimum Gasteiger partial charge on any atom is -0.398 e. The zero-order chi connectivity index (χ0) is 16.9. The zero-order valence-electron chi connectivity index (χ0n) is 13.1. The van der Waals surface area contributed by atoms with Crippen molar-refractivity contribution in [2.75, 3.05) is 7.11 Å². The molecule has 0 N–H and O–H groups in total. The molecule has 0 unspecified atom stereocenters. The molecule has 0 atom stereocenters. The first-order valence-electron chi connectivity index (χ1n) is 7.44. The molecular formula is C18H16N2O4. The summed E-state index contributed by atoms with van der Waals surface area (Å²) < 4.78 is 0. The zero-order valence-corrected chi connectivity index (χ0v) is 13.1. The van der Waals surface area contributed by atoms with Crippen LogP contribution in [-0.4, -0.2) is 29.7 Å². The van der Waals surface area contributed by atoms with Gasteiger partial charge in [-0.05, 0) is 11.1 Å². The fourth-order valence-corrected chi connectivity index (χ4v) is 2.49. The molecule has 3 rings (SSSR count). The topological polar surface area (TPSA) is 68.2 Å². The number of nitrogens with zero attached hydrogens (tertiary/aromatic N) is 2. The van der Waals surface area contributed by atoms with Gasteiger partial charge in [-0.1, -0.05) is 59.8 Å². The smallest absolute Gasteiger partial charge is 0.307 e. The molecule has 0 bridgehead atoms. The summed E-state index contributed by atoms with van der Waals surface area (Å²) in [6.07, 6.45) is 0.0587. The summed E-state index contributed by atoms with van der Waals surface area (Å²) >= 11 is 0. The van der Waals surface area contributed by atoms with Gasteiger partial charge in [-0.25, -0.2) is 0 Å². The van der Waals surface area contributed by atoms with E-state index in [4.69, 9.17) is 9.68 Å². The molecular weight excluding hydrogens is 308 g/mol. The number of carbonyl (C=O) groups is 2. The molecule has 0 aliphatic carbocycles. The number of carbonyl (C=O) groups excluding carboxylic acids is 2. The largest absolute Gasteiger partial charge is 0.398 e. The maximum atomic E-state index is 12.7. The van der Waals surface area contributed by atoms with Crippen LogP contribution < -0.4 is 0 Å². The van der Waals surface area contributed by atoms with Crippen LogP contribution in [0.25, 0.3) is 0 Å². The van der Waals surface area contributed by atoms with Crippen molar-refractivity contribution < 1.29 is 19.3 Å². The summed E-state index contributed by atoms with van der Waals surface area (Å²) in [5.41, 5.74) is 2.20. The first-order valence-corrected chi connectivity index (χ1v) is 7.44. The second-order valence-electron chi connectivity index (χ2n) is 5.21. The molecule has 1 heterocycles. The molecule has 2 aromatic rings. The van der Waals surface area contributed by atoms with Crippen LogP contribution in [0.15, 0.2) is 59.8 Å². The molecule has 0 fully saturated rings. The molecule has 122 valence electrons. The van der Waals surface area contributed by atoms with Gasteiger partial charge in [0, 0.05) is 5.56 Å². The van der Waals surface area contributed by atoms with Gasteiger partial charge in [0.05, 0.1) is 6.42 Å². The molecule has 0 saturated heterocycles. The summed E-state index contributed by atoms with van der Waals surface area (Å²) in [4.78, 5) is 35.4. The lowest BCUT2D eigenvalue weighted by molar-refractivity contribution is -0.192. The van der Waals surface area contributed by atoms with Gasteiger partial charge in [0.15, 0.2) is 5.71 Å². The minimum atomic E-state index is -0.636. The van der Waals surface area contributed by atoms with Crippen molar-refractivity contribution in [2.45, 2.75) is 13.0 Å². The maximum Gasteiger partial charge on any atom is 0.307 e. The standard InChI is InChI=1S/C18H16N2O4/c1-23-19-17-15-10-6-5-9-14(15)12-24-20(18(17)22)16(21)11-13-7-3-2-4-8-13/h2-10H,11-12H2,1H3/b19-17+. The highest BCUT2D eigenvalue weighted by Crippen LogP contribution is 2.19. The second kappa shape index (κ2) is 7.06. The highest BCUT2D eigenvalue weighted by molar-refractivity contribution is 6.47. The van der Waals surface area contributed by atoms with Crippen LogP contribution in [0.1, 0.15) is 16.7 Å². The molecule has 2 amide bonds. The number of amides is 2. The normalized spacial score (nSPS) is 15.8. The molecule has 1 aliphatic rings. The number of oxime groups is 1. The lowest BCUT2D eigenvalue weighted by atomic mass is 10.0. The second-order valence-corrected chi connectivity index (χ2v) is 5.21. The molecule has 0 aromatic heterocycles. The molecule has 1 aliphatic heterocycles. The van der Waals surface area contributed by atoms with Crippen molar-refractivity contribution in [2.24, 2.45) is 5.16 Å². The quantitative estimate of drug-likeness (QED) is 0.811. The van der Waals surface area contributed by atoms with E-state index in [9.17, 15) is 9.59 Å². The van der Waals surface area contributed by atoms with Gasteiger partial charge in [-0.15, -0.1) is 5.06 Å². The summed E-state index contributed by atoms with van der Waals surface area (Å²) in [7, 11) is 1.35. The van der Waals surface area contributed by atoms with Crippen molar-refractivity contribution >= 4 is 17.5 Å². The first-order chi connectivity index (χ1) is 11.7. The lowest BCUT2D eigenvalue weighted by Gasteiger charge is -2.17. The number of imide groups is 1. The Morgan fingerprint density at radius 1 is 1.17 bits per heavy atom. The average Bonchev–Trinajstić information content (AvgIpc) is 2.74. The van der Waals surface area contributed by atoms with Gasteiger partial charge in [0.1, 0.15) is 13.7 Å². The average molecular weight is 324 g/mol. The molecule has 24 heavy (non-hydrogen) atoms. The van der Waals surface area contributed by atoms with E-state index >= 15 is 0 Å². The highest BCUT2D eigenvalue weighted by atomic mass is 16.7. The van der Waals surface area contributed by atoms with Crippen LogP contribution in [0.5, 0.6) is 0 Å². The van der Waals surface area contributed by atoms with Gasteiger partial charge < -0.3 is 4.84 Å². The van der Waals surface area contributed by atoms with Crippen molar-refractivity contribution in [1.82, 2.24) is 5.06 Å². The molecule has 6 nitrogen and oxygen atoms in total. The summed E-state index contributed by atoms with van der Waals surface area (Å²) in [5, 5.41) is 4.57. The van der Waals surface area contributed by atoms with E-state index < -0.39 is 11.8 Å². The predicted molar refractivity (Wildman–Crippen MR) is 86.8 cm³/mol. The predicted octanol–water partition coefficient (Wildman–Crippen LogP) is 2.08. The van der Waals surface area contributed by atoms with Crippen LogP contribution in [0.4, 0.5) is 0 Å². The van der Waals surface area contributed by atoms with Gasteiger partial charge in [0.25, 0.3) is 5.91 Å². The minimum absolute atomic E-state index is 0.0482. The van der Waals surface area contributed by atoms with Gasteiger partial charge in [0.2, 0.25) is 0 Å². The van der Waals surface area contributed by atoms with Crippen molar-refractivity contribution in [3.63, 3.8) is 0 Å². The monoisotopic (exact) mass is 324 g/mol. The van der Waals surface area contributed by atoms with Crippen molar-refractivity contribution in [1.29, 1.82) is 0 Å². The fraction of sp³-hybridized carbons (Fsp3) is 0.167. The molecule has 6 heteroatoms. The lowest BCUT2D eigenvalue weighted by Crippen LogP contribution is -2.40. The number of rotatable bonds is 3. The number of benzene rings is 2. The SMILES string of the molecule is CO/N=C1/C(=O)N(C(=O)Cc2ccccc2)OCc2ccccc21. The van der Waals surface area contributed by atoms with E-state index in [0.717, 1.165) is 16.2 Å². The number of hydrogen-bond acceptors (Lipinski definition) is 5. The van der Waals surface area contributed by atoms with Crippen LogP contribution >= 0.6 is 0 Å². The Labute approximate surface area is 139 Å². The third-order valence-electron chi connectivity index (χ3n) is 3.62. The van der Waals surface area contributed by atoms with Crippen molar-refractivity contribution in [3.8, 4) is 0 Å². The summed E-state index contributed by atoms with van der Waals surface area (Å²) in [6.45, 7) is 0.102. The fourth-order valence-electron chi connectivity index (χ4n) is 2.49. The number of hydroxylamine groups is 2. The van der Waals surface area contributed by atoms with Gasteiger partial charge in [-0.3, -0.25) is 14.4 Å². The van der Waals surface area contributed by atoms with Crippen LogP contribution in [-0.2, 0) is 32.3 Å². The first kappa shape index (κ1) is 15.9. The highest BCUT2D eigenvalue weighted by Gasteiger charge is 2.33. The van der Waals surface area contributed by atoms with Gasteiger partial charge >= 0.3 is 5.91 Å². The van der Waals surface area contributed by atoms with Crippen LogP contribution in [0.3, 0.4) is 0 Å². The van der Waals surface area contributed by atoms with E-state index in [2.05, 4.69) is 5.16 Å². The summed E-state index contributed by atoms with van der Waals surface area (Å²) in [6, 6.07) is 16.4. The third-order valence-corrected chi connectivity index (χ3v) is 3.62. The molecule has 0 saturated carbocycles. The van der Waals surface area contributed by atoms with E-state index in [-0.39, 0.29) is 18.7 Å². The molecule has 0 spiro atoms. The Morgan fingerprint density at radius 3 is 2.62 bits per heavy atom. The third kappa shape index (κ3) is 3.18. The van der Waals surface area contributed by atoms with Crippen LogP contribution in [0.2, 0.25) is 0 Å². The van der Waals surface area contributed by atoms with Crippen LogP contribution in [0, 0.1) is 0 Å². The van der Waals surface area contributed by atoms with E-state index in [1.807, 2.05) is 42.5 Å². The Bertz CT molecular complexity index is 787. The molecule has 2 aromatic carbocycles. The Morgan fingerprint density at radius 2 is 1.88 bits per heavy atom. The molecule has 0 radical (unpaired) electrons. The number of fused-ring (bicyclic) bond motifs is 1. The van der Waals surface area contributed by atoms with Gasteiger partial charge in [-0.2, -0.15) is 0 Å². The van der Waals surface area contributed by atoms with E-state index in [1.54, 1.807) is 12.1 Å². The summed E-state index contributed by atoms with van der Waals surface area (Å²) in [5.74, 6) is -1.09. The Kier molecular flexibility index (Phi) is 4.67. The van der Waals surface area contributed by atoms with E-state index in [0.29, 0.717) is 5.56 Å². The Balaban J connectivity index is 1.90. The van der Waals surface area contributed by atoms with Crippen molar-refractivity contribution in [3.05, 3.63) is 71.3 Å². The number of hydrogen-bond donors (Lipinski definition) is 0. The van der Waals surface area contributed by atoms with E-state index in [1.165, 1.54) is 7.11 Å².